The van der Waals surface area contributed by atoms with Crippen LogP contribution in [0.15, 0.2) is 0 Å². The molecule has 0 aliphatic rings. The van der Waals surface area contributed by atoms with Gasteiger partial charge in [-0.25, -0.2) is 9.48 Å². The van der Waals surface area contributed by atoms with Gasteiger partial charge in [0.05, 0.1) is 12.8 Å². The first-order valence-corrected chi connectivity index (χ1v) is 5.23. The van der Waals surface area contributed by atoms with E-state index in [1.165, 1.54) is 11.8 Å². The number of hydrogen-bond donors (Lipinski definition) is 0. The number of ether oxygens (including phenoxy) is 2. The molecule has 0 N–H and O–H groups in total. The van der Waals surface area contributed by atoms with E-state index in [0.717, 1.165) is 0 Å². The van der Waals surface area contributed by atoms with Crippen molar-refractivity contribution in [2.75, 3.05) is 7.11 Å². The first-order valence-electron chi connectivity index (χ1n) is 5.23. The molecule has 0 fully saturated rings. The van der Waals surface area contributed by atoms with Gasteiger partial charge in [0.2, 0.25) is 5.88 Å². The molecule has 0 aliphatic carbocycles. The van der Waals surface area contributed by atoms with Gasteiger partial charge in [-0.1, -0.05) is 0 Å². The Labute approximate surface area is 101 Å². The van der Waals surface area contributed by atoms with Crippen molar-refractivity contribution < 1.29 is 14.3 Å². The highest BCUT2D eigenvalue weighted by molar-refractivity contribution is 5.93. The second-order valence-electron chi connectivity index (χ2n) is 3.72. The maximum Gasteiger partial charge on any atom is 0.345 e. The summed E-state index contributed by atoms with van der Waals surface area (Å²) in [5, 5.41) is 4.11. The summed E-state index contributed by atoms with van der Waals surface area (Å²) in [4.78, 5) is 11.9. The second-order valence-corrected chi connectivity index (χ2v) is 3.72. The van der Waals surface area contributed by atoms with Gasteiger partial charge in [0.25, 0.3) is 0 Å². The predicted molar refractivity (Wildman–Crippen MR) is 62.8 cm³/mol. The van der Waals surface area contributed by atoms with E-state index < -0.39 is 5.97 Å². The summed E-state index contributed by atoms with van der Waals surface area (Å²) in [6.45, 7) is 3.47. The Morgan fingerprint density at radius 2 is 2.29 bits per heavy atom. The number of rotatable bonds is 4. The number of carbonyl (C=O) groups excluding carboxylic acids is 1. The fourth-order valence-corrected chi connectivity index (χ4v) is 1.56. The molecule has 1 heterocycles. The molecule has 1 rings (SSSR count). The topological polar surface area (TPSA) is 53.3 Å². The van der Waals surface area contributed by atoms with Gasteiger partial charge in [0.15, 0.2) is 0 Å². The van der Waals surface area contributed by atoms with Crippen molar-refractivity contribution in [3.05, 3.63) is 11.3 Å². The Morgan fingerprint density at radius 1 is 1.65 bits per heavy atom. The summed E-state index contributed by atoms with van der Waals surface area (Å²) in [6.07, 6.45) is 5.21. The summed E-state index contributed by atoms with van der Waals surface area (Å²) < 4.78 is 11.8. The number of esters is 1. The molecule has 1 aromatic rings. The second kappa shape index (κ2) is 5.39. The van der Waals surface area contributed by atoms with E-state index in [2.05, 4.69) is 11.0 Å². The molecule has 92 valence electrons. The van der Waals surface area contributed by atoms with Crippen LogP contribution in [0.2, 0.25) is 0 Å². The van der Waals surface area contributed by atoms with E-state index >= 15 is 0 Å². The maximum absolute atomic E-state index is 11.9. The van der Waals surface area contributed by atoms with E-state index in [4.69, 9.17) is 15.9 Å². The van der Waals surface area contributed by atoms with Gasteiger partial charge in [-0.2, -0.15) is 5.10 Å². The van der Waals surface area contributed by atoms with Crippen molar-refractivity contribution in [3.8, 4) is 18.2 Å². The number of aromatic nitrogens is 2. The summed E-state index contributed by atoms with van der Waals surface area (Å²) in [7, 11) is 3.19. The molecule has 0 aromatic carbocycles. The fourth-order valence-electron chi connectivity index (χ4n) is 1.56. The SMILES string of the molecule is C#CC[C@@H](C)OC(=O)c1c(C)nn(C)c1OC. The smallest absolute Gasteiger partial charge is 0.345 e. The minimum absolute atomic E-state index is 0.322. The fraction of sp³-hybridized carbons (Fsp3) is 0.500. The molecular formula is C12H16N2O3. The Morgan fingerprint density at radius 3 is 2.82 bits per heavy atom. The molecule has 0 unspecified atom stereocenters. The van der Waals surface area contributed by atoms with Gasteiger partial charge in [0, 0.05) is 13.5 Å². The number of carbonyl (C=O) groups is 1. The highest BCUT2D eigenvalue weighted by Gasteiger charge is 2.23. The standard InChI is InChI=1S/C12H16N2O3/c1-6-7-8(2)17-12(15)10-9(3)13-14(4)11(10)16-5/h1,8H,7H2,2-5H3/t8-/m1/s1. The molecule has 1 aromatic heterocycles. The van der Waals surface area contributed by atoms with Crippen LogP contribution in [0.4, 0.5) is 0 Å². The summed E-state index contributed by atoms with van der Waals surface area (Å²) in [6, 6.07) is 0. The minimum atomic E-state index is -0.463. The third-order valence-electron chi connectivity index (χ3n) is 2.28. The first-order chi connectivity index (χ1) is 8.01. The lowest BCUT2D eigenvalue weighted by Gasteiger charge is -2.10. The number of aryl methyl sites for hydroxylation is 2. The van der Waals surface area contributed by atoms with E-state index in [1.54, 1.807) is 20.9 Å². The average Bonchev–Trinajstić information content (AvgIpc) is 2.52. The minimum Gasteiger partial charge on any atom is -0.481 e. The van der Waals surface area contributed by atoms with E-state index in [1.807, 2.05) is 0 Å². The lowest BCUT2D eigenvalue weighted by atomic mass is 10.2. The van der Waals surface area contributed by atoms with E-state index in [9.17, 15) is 4.79 Å². The van der Waals surface area contributed by atoms with Crippen molar-refractivity contribution >= 4 is 5.97 Å². The van der Waals surface area contributed by atoms with Crippen LogP contribution in [0.25, 0.3) is 0 Å². The quantitative estimate of drug-likeness (QED) is 0.584. The van der Waals surface area contributed by atoms with Crippen LogP contribution in [0.1, 0.15) is 29.4 Å². The van der Waals surface area contributed by atoms with Crippen LogP contribution >= 0.6 is 0 Å². The van der Waals surface area contributed by atoms with Crippen molar-refractivity contribution in [1.82, 2.24) is 9.78 Å². The third kappa shape index (κ3) is 2.78. The number of terminal acetylenes is 1. The van der Waals surface area contributed by atoms with E-state index in [-0.39, 0.29) is 6.10 Å². The van der Waals surface area contributed by atoms with Crippen LogP contribution < -0.4 is 4.74 Å². The highest BCUT2D eigenvalue weighted by atomic mass is 16.5. The molecule has 1 atom stereocenters. The highest BCUT2D eigenvalue weighted by Crippen LogP contribution is 2.22. The van der Waals surface area contributed by atoms with Gasteiger partial charge >= 0.3 is 5.97 Å². The van der Waals surface area contributed by atoms with Gasteiger partial charge < -0.3 is 9.47 Å². The molecule has 0 bridgehead atoms. The van der Waals surface area contributed by atoms with Gasteiger partial charge in [-0.15, -0.1) is 12.3 Å². The lowest BCUT2D eigenvalue weighted by molar-refractivity contribution is 0.0347. The van der Waals surface area contributed by atoms with Crippen LogP contribution in [0.5, 0.6) is 5.88 Å². The Balaban J connectivity index is 2.93. The third-order valence-corrected chi connectivity index (χ3v) is 2.28. The summed E-state index contributed by atoms with van der Waals surface area (Å²) >= 11 is 0. The molecule has 0 amide bonds. The van der Waals surface area contributed by atoms with Gasteiger partial charge in [-0.3, -0.25) is 0 Å². The zero-order valence-corrected chi connectivity index (χ0v) is 10.5. The molecule has 0 aliphatic heterocycles. The van der Waals surface area contributed by atoms with Gasteiger partial charge in [0.1, 0.15) is 11.7 Å². The molecule has 0 saturated carbocycles. The normalized spacial score (nSPS) is 11.7. The number of methoxy groups -OCH3 is 1. The monoisotopic (exact) mass is 236 g/mol. The molecule has 0 radical (unpaired) electrons. The van der Waals surface area contributed by atoms with Gasteiger partial charge in [-0.05, 0) is 13.8 Å². The maximum atomic E-state index is 11.9. The average molecular weight is 236 g/mol. The zero-order valence-electron chi connectivity index (χ0n) is 10.5. The Bertz CT molecular complexity index is 457. The lowest BCUT2D eigenvalue weighted by Crippen LogP contribution is -2.15. The Hall–Kier alpha value is -1.96. The molecule has 5 nitrogen and oxygen atoms in total. The molecule has 5 heteroatoms. The molecule has 0 saturated heterocycles. The van der Waals surface area contributed by atoms with Crippen molar-refractivity contribution in [3.63, 3.8) is 0 Å². The molecule has 0 spiro atoms. The number of nitrogens with zero attached hydrogens (tertiary/aromatic N) is 2. The zero-order chi connectivity index (χ0) is 13.0. The van der Waals surface area contributed by atoms with Crippen molar-refractivity contribution in [1.29, 1.82) is 0 Å². The van der Waals surface area contributed by atoms with Crippen LogP contribution in [0, 0.1) is 19.3 Å². The summed E-state index contributed by atoms with van der Waals surface area (Å²) in [5.74, 6) is 2.37. The van der Waals surface area contributed by atoms with Crippen LogP contribution in [0.3, 0.4) is 0 Å². The Kier molecular flexibility index (Phi) is 4.16. The number of hydrogen-bond acceptors (Lipinski definition) is 4. The predicted octanol–water partition coefficient (Wildman–Crippen LogP) is 1.31. The first kappa shape index (κ1) is 13.1. The molecular weight excluding hydrogens is 220 g/mol. The van der Waals surface area contributed by atoms with Crippen LogP contribution in [-0.4, -0.2) is 29.0 Å². The van der Waals surface area contributed by atoms with Crippen molar-refractivity contribution in [2.24, 2.45) is 7.05 Å². The molecule has 17 heavy (non-hydrogen) atoms. The van der Waals surface area contributed by atoms with E-state index in [0.29, 0.717) is 23.6 Å². The largest absolute Gasteiger partial charge is 0.481 e. The summed E-state index contributed by atoms with van der Waals surface area (Å²) in [5.41, 5.74) is 0.918. The van der Waals surface area contributed by atoms with Crippen molar-refractivity contribution in [2.45, 2.75) is 26.4 Å². The van der Waals surface area contributed by atoms with Crippen LogP contribution in [-0.2, 0) is 11.8 Å².